The molecule has 5 nitrogen and oxygen atoms in total. The highest BCUT2D eigenvalue weighted by atomic mass is 32.1. The van der Waals surface area contributed by atoms with Gasteiger partial charge in [-0.15, -0.1) is 0 Å². The van der Waals surface area contributed by atoms with Crippen LogP contribution in [0.2, 0.25) is 0 Å². The first-order valence-corrected chi connectivity index (χ1v) is 10.3. The molecule has 0 radical (unpaired) electrons. The van der Waals surface area contributed by atoms with E-state index in [2.05, 4.69) is 28.5 Å². The summed E-state index contributed by atoms with van der Waals surface area (Å²) < 4.78 is 10.7. The third-order valence-electron chi connectivity index (χ3n) is 5.16. The first-order valence-electron chi connectivity index (χ1n) is 9.87. The molecule has 6 heteroatoms. The second kappa shape index (κ2) is 8.71. The fourth-order valence-corrected chi connectivity index (χ4v) is 3.95. The first-order chi connectivity index (χ1) is 13.7. The lowest BCUT2D eigenvalue weighted by Crippen LogP contribution is -2.32. The van der Waals surface area contributed by atoms with Gasteiger partial charge in [0.2, 0.25) is 4.77 Å². The standard InChI is InChI=1S/C22H26N4OS/c1-18-10-6-7-13-20(18)26-21(16-27-19-11-4-2-5-12-19)23-25(22(26)28)17-24-14-8-3-9-15-24/h2,4-7,10-13H,3,8-9,14-17H2,1H3. The second-order valence-corrected chi connectivity index (χ2v) is 7.61. The van der Waals surface area contributed by atoms with Crippen LogP contribution in [0, 0.1) is 11.7 Å². The molecule has 1 aromatic heterocycles. The Morgan fingerprint density at radius 2 is 1.68 bits per heavy atom. The highest BCUT2D eigenvalue weighted by molar-refractivity contribution is 7.71. The van der Waals surface area contributed by atoms with E-state index in [1.54, 1.807) is 0 Å². The van der Waals surface area contributed by atoms with E-state index < -0.39 is 0 Å². The Kier molecular flexibility index (Phi) is 5.88. The van der Waals surface area contributed by atoms with Crippen molar-refractivity contribution < 1.29 is 4.74 Å². The van der Waals surface area contributed by atoms with Crippen molar-refractivity contribution in [2.75, 3.05) is 13.1 Å². The number of ether oxygens (including phenoxy) is 1. The van der Waals surface area contributed by atoms with Crippen molar-refractivity contribution in [2.24, 2.45) is 0 Å². The molecule has 2 heterocycles. The molecule has 0 saturated carbocycles. The maximum atomic E-state index is 6.00. The zero-order valence-electron chi connectivity index (χ0n) is 16.3. The highest BCUT2D eigenvalue weighted by Gasteiger charge is 2.17. The number of likely N-dealkylation sites (tertiary alicyclic amines) is 1. The van der Waals surface area contributed by atoms with Crippen LogP contribution in [0.4, 0.5) is 0 Å². The summed E-state index contributed by atoms with van der Waals surface area (Å²) in [6, 6.07) is 18.1. The van der Waals surface area contributed by atoms with Gasteiger partial charge >= 0.3 is 0 Å². The zero-order chi connectivity index (χ0) is 19.3. The van der Waals surface area contributed by atoms with Gasteiger partial charge in [0.25, 0.3) is 0 Å². The maximum absolute atomic E-state index is 6.00. The molecule has 0 unspecified atom stereocenters. The Morgan fingerprint density at radius 1 is 0.964 bits per heavy atom. The number of hydrogen-bond donors (Lipinski definition) is 0. The van der Waals surface area contributed by atoms with Crippen LogP contribution >= 0.6 is 12.2 Å². The van der Waals surface area contributed by atoms with Crippen LogP contribution in [0.5, 0.6) is 5.75 Å². The molecule has 0 aliphatic carbocycles. The number of para-hydroxylation sites is 2. The van der Waals surface area contributed by atoms with Crippen molar-refractivity contribution in [3.8, 4) is 11.4 Å². The molecular weight excluding hydrogens is 368 g/mol. The zero-order valence-corrected chi connectivity index (χ0v) is 17.1. The van der Waals surface area contributed by atoms with Crippen molar-refractivity contribution >= 4 is 12.2 Å². The Balaban J connectivity index is 1.67. The summed E-state index contributed by atoms with van der Waals surface area (Å²) in [5.41, 5.74) is 2.22. The van der Waals surface area contributed by atoms with Crippen LogP contribution in [0.1, 0.15) is 30.7 Å². The van der Waals surface area contributed by atoms with Crippen molar-refractivity contribution in [1.29, 1.82) is 0 Å². The van der Waals surface area contributed by atoms with Crippen molar-refractivity contribution in [3.05, 3.63) is 70.8 Å². The second-order valence-electron chi connectivity index (χ2n) is 7.24. The number of nitrogens with zero attached hydrogens (tertiary/aromatic N) is 4. The molecule has 1 aliphatic heterocycles. The van der Waals surface area contributed by atoms with Gasteiger partial charge in [0.15, 0.2) is 5.82 Å². The summed E-state index contributed by atoms with van der Waals surface area (Å²) in [6.45, 7) is 5.41. The SMILES string of the molecule is Cc1ccccc1-n1c(COc2ccccc2)nn(CN2CCCCC2)c1=S. The molecule has 28 heavy (non-hydrogen) atoms. The van der Waals surface area contributed by atoms with Gasteiger partial charge in [-0.2, -0.15) is 5.10 Å². The van der Waals surface area contributed by atoms with Crippen molar-refractivity contribution in [3.63, 3.8) is 0 Å². The summed E-state index contributed by atoms with van der Waals surface area (Å²) in [5, 5.41) is 4.85. The van der Waals surface area contributed by atoms with Gasteiger partial charge < -0.3 is 4.74 Å². The van der Waals surface area contributed by atoms with Crippen LogP contribution in [-0.2, 0) is 13.3 Å². The van der Waals surface area contributed by atoms with Crippen molar-refractivity contribution in [2.45, 2.75) is 39.5 Å². The lowest BCUT2D eigenvalue weighted by atomic mass is 10.1. The smallest absolute Gasteiger partial charge is 0.203 e. The fourth-order valence-electron chi connectivity index (χ4n) is 3.65. The normalized spacial score (nSPS) is 14.9. The summed E-state index contributed by atoms with van der Waals surface area (Å²) >= 11 is 5.84. The van der Waals surface area contributed by atoms with E-state index in [1.165, 1.54) is 19.3 Å². The predicted molar refractivity (Wildman–Crippen MR) is 113 cm³/mol. The molecule has 2 aromatic carbocycles. The van der Waals surface area contributed by atoms with Crippen LogP contribution in [0.25, 0.3) is 5.69 Å². The molecule has 0 bridgehead atoms. The van der Waals surface area contributed by atoms with E-state index in [-0.39, 0.29) is 0 Å². The number of hydrogen-bond acceptors (Lipinski definition) is 4. The molecule has 146 valence electrons. The fraction of sp³-hybridized carbons (Fsp3) is 0.364. The molecule has 0 N–H and O–H groups in total. The number of aromatic nitrogens is 3. The van der Waals surface area contributed by atoms with Crippen LogP contribution in [0.3, 0.4) is 0 Å². The van der Waals surface area contributed by atoms with E-state index in [9.17, 15) is 0 Å². The van der Waals surface area contributed by atoms with Crippen LogP contribution in [-0.4, -0.2) is 32.3 Å². The van der Waals surface area contributed by atoms with Crippen LogP contribution in [0.15, 0.2) is 54.6 Å². The number of aryl methyl sites for hydroxylation is 1. The largest absolute Gasteiger partial charge is 0.486 e. The minimum atomic E-state index is 0.370. The van der Waals surface area contributed by atoms with E-state index in [1.807, 2.05) is 47.1 Å². The van der Waals surface area contributed by atoms with Gasteiger partial charge in [-0.25, -0.2) is 4.68 Å². The van der Waals surface area contributed by atoms with E-state index in [4.69, 9.17) is 22.1 Å². The van der Waals surface area contributed by atoms with Gasteiger partial charge in [0, 0.05) is 0 Å². The van der Waals surface area contributed by atoms with Gasteiger partial charge in [0.1, 0.15) is 12.4 Å². The average molecular weight is 395 g/mol. The quantitative estimate of drug-likeness (QED) is 0.566. The summed E-state index contributed by atoms with van der Waals surface area (Å²) in [7, 11) is 0. The van der Waals surface area contributed by atoms with Gasteiger partial charge in [-0.1, -0.05) is 42.8 Å². The summed E-state index contributed by atoms with van der Waals surface area (Å²) in [4.78, 5) is 2.43. The minimum Gasteiger partial charge on any atom is -0.486 e. The molecule has 4 rings (SSSR count). The first kappa shape index (κ1) is 18.9. The Hall–Kier alpha value is -2.44. The topological polar surface area (TPSA) is 35.2 Å². The monoisotopic (exact) mass is 394 g/mol. The molecule has 0 spiro atoms. The minimum absolute atomic E-state index is 0.370. The van der Waals surface area contributed by atoms with Gasteiger partial charge in [0.05, 0.1) is 12.4 Å². The molecular formula is C22H26N4OS. The van der Waals surface area contributed by atoms with E-state index >= 15 is 0 Å². The summed E-state index contributed by atoms with van der Waals surface area (Å²) in [6.07, 6.45) is 3.81. The van der Waals surface area contributed by atoms with E-state index in [0.717, 1.165) is 42.6 Å². The van der Waals surface area contributed by atoms with Gasteiger partial charge in [-0.05, 0) is 68.8 Å². The maximum Gasteiger partial charge on any atom is 0.203 e. The molecule has 0 atom stereocenters. The Bertz CT molecular complexity index is 974. The lowest BCUT2D eigenvalue weighted by Gasteiger charge is -2.25. The van der Waals surface area contributed by atoms with Crippen molar-refractivity contribution in [1.82, 2.24) is 19.2 Å². The van der Waals surface area contributed by atoms with E-state index in [0.29, 0.717) is 11.4 Å². The Morgan fingerprint density at radius 3 is 2.43 bits per heavy atom. The van der Waals surface area contributed by atoms with Gasteiger partial charge in [-0.3, -0.25) is 9.47 Å². The summed E-state index contributed by atoms with van der Waals surface area (Å²) in [5.74, 6) is 1.65. The molecule has 1 fully saturated rings. The molecule has 1 saturated heterocycles. The van der Waals surface area contributed by atoms with Crippen LogP contribution < -0.4 is 4.74 Å². The number of piperidine rings is 1. The number of rotatable bonds is 6. The predicted octanol–water partition coefficient (Wildman–Crippen LogP) is 4.73. The Labute approximate surface area is 171 Å². The third-order valence-corrected chi connectivity index (χ3v) is 5.55. The number of benzene rings is 2. The highest BCUT2D eigenvalue weighted by Crippen LogP contribution is 2.19. The molecule has 0 amide bonds. The third kappa shape index (κ3) is 4.18. The molecule has 3 aromatic rings. The lowest BCUT2D eigenvalue weighted by molar-refractivity contribution is 0.171. The average Bonchev–Trinajstić information content (AvgIpc) is 3.03. The molecule has 1 aliphatic rings.